The van der Waals surface area contributed by atoms with E-state index in [0.29, 0.717) is 12.5 Å². The first-order valence-electron chi connectivity index (χ1n) is 14.0. The fraction of sp³-hybridized carbons (Fsp3) is 0.548. The van der Waals surface area contributed by atoms with Crippen LogP contribution in [-0.2, 0) is 27.9 Å². The first-order chi connectivity index (χ1) is 17.9. The van der Waals surface area contributed by atoms with Crippen molar-refractivity contribution in [3.8, 4) is 5.75 Å². The molecule has 2 aromatic carbocycles. The summed E-state index contributed by atoms with van der Waals surface area (Å²) in [5.41, 5.74) is 3.84. The van der Waals surface area contributed by atoms with Gasteiger partial charge in [0, 0.05) is 18.1 Å². The molecule has 37 heavy (non-hydrogen) atoms. The molecule has 0 aromatic heterocycles. The van der Waals surface area contributed by atoms with Crippen molar-refractivity contribution >= 4 is 19.9 Å². The molecule has 1 aliphatic carbocycles. The second kappa shape index (κ2) is 12.5. The minimum atomic E-state index is -1.63. The average Bonchev–Trinajstić information content (AvgIpc) is 3.20. The van der Waals surface area contributed by atoms with Crippen molar-refractivity contribution in [2.24, 2.45) is 5.92 Å². The van der Waals surface area contributed by atoms with Crippen molar-refractivity contribution in [3.05, 3.63) is 76.3 Å². The van der Waals surface area contributed by atoms with E-state index in [1.54, 1.807) is 7.11 Å². The van der Waals surface area contributed by atoms with Crippen molar-refractivity contribution in [1.82, 2.24) is 4.90 Å². The Labute approximate surface area is 230 Å². The van der Waals surface area contributed by atoms with Crippen LogP contribution in [0, 0.1) is 5.92 Å². The summed E-state index contributed by atoms with van der Waals surface area (Å²) in [7, 11) is 0.0577. The number of ether oxygens (including phenoxy) is 2. The molecular weight excluding hydrogens is 498 g/mol. The average molecular weight is 542 g/mol. The van der Waals surface area contributed by atoms with E-state index in [1.165, 1.54) is 34.8 Å². The number of nitrogens with zero attached hydrogens (tertiary/aromatic N) is 1. The van der Waals surface area contributed by atoms with E-state index in [-0.39, 0.29) is 11.6 Å². The lowest BCUT2D eigenvalue weighted by atomic mass is 9.80. The van der Waals surface area contributed by atoms with Gasteiger partial charge in [-0.05, 0) is 77.8 Å². The summed E-state index contributed by atoms with van der Waals surface area (Å²) in [4.78, 5) is 2.65. The minimum absolute atomic E-state index is 0.0844. The van der Waals surface area contributed by atoms with Crippen LogP contribution in [0.25, 0.3) is 0 Å². The number of methoxy groups -OCH3 is 1. The van der Waals surface area contributed by atoms with Crippen LogP contribution in [0.2, 0.25) is 23.2 Å². The summed E-state index contributed by atoms with van der Waals surface area (Å²) >= 11 is 6.41. The van der Waals surface area contributed by atoms with Crippen LogP contribution in [0.5, 0.6) is 5.75 Å². The Hall–Kier alpha value is -1.63. The van der Waals surface area contributed by atoms with Crippen molar-refractivity contribution in [2.45, 2.75) is 83.5 Å². The molecule has 1 spiro atoms. The number of fused-ring (bicyclic) bond motifs is 2. The molecule has 0 amide bonds. The molecule has 1 aliphatic heterocycles. The molecule has 202 valence electrons. The molecule has 1 heterocycles. The van der Waals surface area contributed by atoms with Crippen LogP contribution >= 0.6 is 11.6 Å². The number of rotatable bonds is 12. The summed E-state index contributed by atoms with van der Waals surface area (Å²) < 4.78 is 18.2. The van der Waals surface area contributed by atoms with Gasteiger partial charge >= 0.3 is 0 Å². The quantitative estimate of drug-likeness (QED) is 0.201. The Kier molecular flexibility index (Phi) is 9.57. The SMILES string of the molecule is CC[Si](CC)(CC)OC1C=CC2(CC1)c1ccc(Cl)cc1CN2C[C@@H](C)COCc1ccc(OC)cc1. The van der Waals surface area contributed by atoms with Crippen LogP contribution in [-0.4, -0.2) is 39.6 Å². The molecule has 2 aliphatic rings. The van der Waals surface area contributed by atoms with E-state index >= 15 is 0 Å². The van der Waals surface area contributed by atoms with E-state index in [2.05, 4.69) is 69.0 Å². The molecule has 3 atom stereocenters. The summed E-state index contributed by atoms with van der Waals surface area (Å²) in [6.45, 7) is 12.5. The van der Waals surface area contributed by atoms with Gasteiger partial charge in [-0.3, -0.25) is 4.90 Å². The third-order valence-electron chi connectivity index (χ3n) is 8.55. The summed E-state index contributed by atoms with van der Waals surface area (Å²) in [6.07, 6.45) is 7.19. The molecular formula is C31H44ClNO3Si. The Bertz CT molecular complexity index is 1050. The fourth-order valence-electron chi connectivity index (χ4n) is 6.10. The fourth-order valence-corrected chi connectivity index (χ4v) is 9.14. The van der Waals surface area contributed by atoms with Gasteiger partial charge in [0.1, 0.15) is 5.75 Å². The number of halogens is 1. The summed E-state index contributed by atoms with van der Waals surface area (Å²) in [5.74, 6) is 1.28. The van der Waals surface area contributed by atoms with Gasteiger partial charge in [0.05, 0.1) is 32.0 Å². The van der Waals surface area contributed by atoms with Crippen molar-refractivity contribution < 1.29 is 13.9 Å². The maximum Gasteiger partial charge on any atom is 0.192 e. The molecule has 0 saturated carbocycles. The van der Waals surface area contributed by atoms with Crippen LogP contribution in [0.1, 0.15) is 57.2 Å². The van der Waals surface area contributed by atoms with Gasteiger partial charge in [-0.15, -0.1) is 0 Å². The van der Waals surface area contributed by atoms with E-state index in [9.17, 15) is 0 Å². The first-order valence-corrected chi connectivity index (χ1v) is 16.9. The highest BCUT2D eigenvalue weighted by molar-refractivity contribution is 6.73. The minimum Gasteiger partial charge on any atom is -0.497 e. The Morgan fingerprint density at radius 2 is 1.81 bits per heavy atom. The van der Waals surface area contributed by atoms with Gasteiger partial charge in [0.15, 0.2) is 8.32 Å². The molecule has 0 fully saturated rings. The summed E-state index contributed by atoms with van der Waals surface area (Å²) in [6, 6.07) is 18.1. The highest BCUT2D eigenvalue weighted by Gasteiger charge is 2.46. The van der Waals surface area contributed by atoms with Crippen molar-refractivity contribution in [1.29, 1.82) is 0 Å². The van der Waals surface area contributed by atoms with Gasteiger partial charge in [0.2, 0.25) is 0 Å². The van der Waals surface area contributed by atoms with Crippen LogP contribution < -0.4 is 4.74 Å². The van der Waals surface area contributed by atoms with Crippen molar-refractivity contribution in [3.63, 3.8) is 0 Å². The van der Waals surface area contributed by atoms with Crippen LogP contribution in [0.15, 0.2) is 54.6 Å². The maximum absolute atomic E-state index is 6.85. The second-order valence-corrected chi connectivity index (χ2v) is 16.0. The van der Waals surface area contributed by atoms with Gasteiger partial charge in [0.25, 0.3) is 0 Å². The largest absolute Gasteiger partial charge is 0.497 e. The third-order valence-corrected chi connectivity index (χ3v) is 13.5. The van der Waals surface area contributed by atoms with Gasteiger partial charge in [-0.25, -0.2) is 0 Å². The smallest absolute Gasteiger partial charge is 0.192 e. The lowest BCUT2D eigenvalue weighted by Crippen LogP contribution is -2.46. The highest BCUT2D eigenvalue weighted by Crippen LogP contribution is 2.47. The second-order valence-electron chi connectivity index (χ2n) is 10.9. The zero-order valence-corrected chi connectivity index (χ0v) is 25.0. The van der Waals surface area contributed by atoms with E-state index in [4.69, 9.17) is 25.5 Å². The first kappa shape index (κ1) is 28.4. The summed E-state index contributed by atoms with van der Waals surface area (Å²) in [5, 5.41) is 0.817. The molecule has 0 N–H and O–H groups in total. The van der Waals surface area contributed by atoms with Crippen LogP contribution in [0.3, 0.4) is 0 Å². The monoisotopic (exact) mass is 541 g/mol. The predicted octanol–water partition coefficient (Wildman–Crippen LogP) is 7.95. The lowest BCUT2D eigenvalue weighted by Gasteiger charge is -2.43. The molecule has 2 unspecified atom stereocenters. The normalized spacial score (nSPS) is 22.4. The standard InChI is InChI=1S/C31H44ClNO3Si/c1-6-37(7-2,8-3)36-29-15-17-31(18-16-29)30-14-11-27(32)19-26(30)21-33(31)20-24(4)22-35-23-25-9-12-28(34-5)13-10-25/h9-15,17,19,24,29H,6-8,16,18,20-23H2,1-5H3/t24-,29?,31?/m1/s1. The molecule has 0 saturated heterocycles. The zero-order valence-electron chi connectivity index (χ0n) is 23.3. The number of benzene rings is 2. The molecule has 2 aromatic rings. The molecule has 6 heteroatoms. The lowest BCUT2D eigenvalue weighted by molar-refractivity contribution is 0.0459. The predicted molar refractivity (Wildman–Crippen MR) is 156 cm³/mol. The van der Waals surface area contributed by atoms with E-state index < -0.39 is 8.32 Å². The van der Waals surface area contributed by atoms with Gasteiger partial charge < -0.3 is 13.9 Å². The highest BCUT2D eigenvalue weighted by atomic mass is 35.5. The molecule has 0 bridgehead atoms. The molecule has 0 radical (unpaired) electrons. The van der Waals surface area contributed by atoms with Gasteiger partial charge in [-0.2, -0.15) is 0 Å². The maximum atomic E-state index is 6.85. The van der Waals surface area contributed by atoms with Crippen LogP contribution in [0.4, 0.5) is 0 Å². The van der Waals surface area contributed by atoms with Gasteiger partial charge in [-0.1, -0.05) is 69.6 Å². The number of hydrogen-bond acceptors (Lipinski definition) is 4. The zero-order chi connectivity index (χ0) is 26.5. The van der Waals surface area contributed by atoms with E-state index in [0.717, 1.165) is 43.3 Å². The molecule has 4 rings (SSSR count). The van der Waals surface area contributed by atoms with E-state index in [1.807, 2.05) is 18.2 Å². The Morgan fingerprint density at radius 1 is 1.08 bits per heavy atom. The third kappa shape index (κ3) is 6.34. The number of hydrogen-bond donors (Lipinski definition) is 0. The topological polar surface area (TPSA) is 30.9 Å². The Morgan fingerprint density at radius 3 is 2.43 bits per heavy atom. The van der Waals surface area contributed by atoms with Crippen molar-refractivity contribution in [2.75, 3.05) is 20.3 Å². The molecule has 4 nitrogen and oxygen atoms in total. The Balaban J connectivity index is 1.44.